The molecule has 0 unspecified atom stereocenters. The molecule has 1 aromatic heterocycles. The first-order valence-electron chi connectivity index (χ1n) is 5.06. The molecule has 0 fully saturated rings. The van der Waals surface area contributed by atoms with Gasteiger partial charge in [-0.05, 0) is 6.92 Å². The molecule has 0 amide bonds. The fourth-order valence-corrected chi connectivity index (χ4v) is 1.62. The molecule has 0 aliphatic carbocycles. The minimum absolute atomic E-state index is 0.0825. The number of aryl methyl sites for hydroxylation is 1. The van der Waals surface area contributed by atoms with E-state index in [1.807, 2.05) is 0 Å². The highest BCUT2D eigenvalue weighted by Crippen LogP contribution is 2.30. The number of hydrogen-bond acceptors (Lipinski definition) is 4. The molecular formula is C11H10FN3O3. The van der Waals surface area contributed by atoms with Crippen LogP contribution >= 0.6 is 0 Å². The van der Waals surface area contributed by atoms with Gasteiger partial charge in [-0.3, -0.25) is 10.1 Å². The zero-order valence-corrected chi connectivity index (χ0v) is 9.75. The molecule has 18 heavy (non-hydrogen) atoms. The Bertz CT molecular complexity index is 610. The molecule has 1 heterocycles. The van der Waals surface area contributed by atoms with Crippen LogP contribution in [0.4, 0.5) is 10.1 Å². The third-order valence-corrected chi connectivity index (χ3v) is 2.41. The molecule has 0 N–H and O–H groups in total. The topological polar surface area (TPSA) is 70.2 Å². The summed E-state index contributed by atoms with van der Waals surface area (Å²) in [5.74, 6) is -0.655. The van der Waals surface area contributed by atoms with Gasteiger partial charge in [0.05, 0.1) is 36.2 Å². The Morgan fingerprint density at radius 3 is 2.72 bits per heavy atom. The number of ether oxygens (including phenoxy) is 1. The van der Waals surface area contributed by atoms with Gasteiger partial charge in [0, 0.05) is 6.20 Å². The maximum Gasteiger partial charge on any atom is 0.276 e. The fourth-order valence-electron chi connectivity index (χ4n) is 1.62. The van der Waals surface area contributed by atoms with E-state index in [9.17, 15) is 14.5 Å². The van der Waals surface area contributed by atoms with Gasteiger partial charge in [0.25, 0.3) is 5.69 Å². The van der Waals surface area contributed by atoms with E-state index in [4.69, 9.17) is 4.74 Å². The van der Waals surface area contributed by atoms with E-state index in [0.717, 1.165) is 6.07 Å². The molecule has 2 aromatic rings. The van der Waals surface area contributed by atoms with Crippen molar-refractivity contribution in [1.82, 2.24) is 9.55 Å². The third kappa shape index (κ3) is 2.02. The number of halogens is 1. The van der Waals surface area contributed by atoms with Crippen LogP contribution in [-0.4, -0.2) is 21.6 Å². The fraction of sp³-hybridized carbons (Fsp3) is 0.182. The normalized spacial score (nSPS) is 10.4. The summed E-state index contributed by atoms with van der Waals surface area (Å²) in [5.41, 5.74) is 0.448. The lowest BCUT2D eigenvalue weighted by Crippen LogP contribution is -2.01. The lowest BCUT2D eigenvalue weighted by atomic mass is 10.2. The lowest BCUT2D eigenvalue weighted by molar-refractivity contribution is -0.385. The number of nitrogens with zero attached hydrogens (tertiary/aromatic N) is 3. The first-order chi connectivity index (χ1) is 8.52. The van der Waals surface area contributed by atoms with Crippen molar-refractivity contribution in [3.05, 3.63) is 46.3 Å². The van der Waals surface area contributed by atoms with Gasteiger partial charge in [0.15, 0.2) is 11.6 Å². The van der Waals surface area contributed by atoms with Crippen molar-refractivity contribution in [2.45, 2.75) is 6.92 Å². The van der Waals surface area contributed by atoms with E-state index in [1.165, 1.54) is 24.1 Å². The van der Waals surface area contributed by atoms with Crippen molar-refractivity contribution in [3.8, 4) is 11.4 Å². The number of benzene rings is 1. The minimum Gasteiger partial charge on any atom is -0.494 e. The molecule has 94 valence electrons. The van der Waals surface area contributed by atoms with Gasteiger partial charge in [-0.15, -0.1) is 0 Å². The molecule has 0 aliphatic heterocycles. The standard InChI is InChI=1S/C11H10FN3O3/c1-7-5-14(6-13-7)11-9(12)3-8(15(16)17)4-10(11)18-2/h3-6H,1-2H3. The number of nitro benzene ring substituents is 1. The van der Waals surface area contributed by atoms with Crippen LogP contribution in [0.25, 0.3) is 5.69 Å². The quantitative estimate of drug-likeness (QED) is 0.619. The van der Waals surface area contributed by atoms with Crippen LogP contribution in [0.15, 0.2) is 24.7 Å². The van der Waals surface area contributed by atoms with Crippen molar-refractivity contribution >= 4 is 5.69 Å². The summed E-state index contributed by atoms with van der Waals surface area (Å²) in [6.07, 6.45) is 3.02. The average Bonchev–Trinajstić information content (AvgIpc) is 2.74. The van der Waals surface area contributed by atoms with Crippen LogP contribution in [0.1, 0.15) is 5.69 Å². The molecular weight excluding hydrogens is 241 g/mol. The highest BCUT2D eigenvalue weighted by molar-refractivity contribution is 5.54. The zero-order chi connectivity index (χ0) is 13.3. The molecule has 7 heteroatoms. The van der Waals surface area contributed by atoms with Crippen molar-refractivity contribution in [3.63, 3.8) is 0 Å². The Hall–Kier alpha value is -2.44. The monoisotopic (exact) mass is 251 g/mol. The Kier molecular flexibility index (Phi) is 2.97. The third-order valence-electron chi connectivity index (χ3n) is 2.41. The SMILES string of the molecule is COc1cc([N+](=O)[O-])cc(F)c1-n1cnc(C)c1. The summed E-state index contributed by atoms with van der Waals surface area (Å²) >= 11 is 0. The molecule has 6 nitrogen and oxygen atoms in total. The van der Waals surface area contributed by atoms with Gasteiger partial charge in [-0.25, -0.2) is 9.37 Å². The van der Waals surface area contributed by atoms with Gasteiger partial charge >= 0.3 is 0 Å². The second-order valence-corrected chi connectivity index (χ2v) is 3.66. The molecule has 0 atom stereocenters. The Balaban J connectivity index is 2.63. The number of rotatable bonds is 3. The summed E-state index contributed by atoms with van der Waals surface area (Å²) in [6.45, 7) is 1.76. The van der Waals surface area contributed by atoms with Gasteiger partial charge in [-0.2, -0.15) is 0 Å². The largest absolute Gasteiger partial charge is 0.494 e. The van der Waals surface area contributed by atoms with E-state index in [-0.39, 0.29) is 17.1 Å². The number of hydrogen-bond donors (Lipinski definition) is 0. The molecule has 1 aromatic carbocycles. The second-order valence-electron chi connectivity index (χ2n) is 3.66. The maximum atomic E-state index is 13.9. The summed E-state index contributed by atoms with van der Waals surface area (Å²) in [4.78, 5) is 13.9. The molecule has 0 bridgehead atoms. The van der Waals surface area contributed by atoms with Crippen LogP contribution < -0.4 is 4.74 Å². The van der Waals surface area contributed by atoms with E-state index < -0.39 is 10.7 Å². The Labute approximate surface area is 102 Å². The predicted molar refractivity (Wildman–Crippen MR) is 61.5 cm³/mol. The van der Waals surface area contributed by atoms with Crippen LogP contribution in [0.2, 0.25) is 0 Å². The van der Waals surface area contributed by atoms with Crippen molar-refractivity contribution in [2.75, 3.05) is 7.11 Å². The molecule has 0 spiro atoms. The molecule has 0 radical (unpaired) electrons. The number of non-ortho nitro benzene ring substituents is 1. The molecule has 0 saturated heterocycles. The van der Waals surface area contributed by atoms with Crippen molar-refractivity contribution in [1.29, 1.82) is 0 Å². The number of nitro groups is 1. The van der Waals surface area contributed by atoms with Crippen LogP contribution in [0.5, 0.6) is 5.75 Å². The number of aromatic nitrogens is 2. The number of imidazole rings is 1. The van der Waals surface area contributed by atoms with E-state index >= 15 is 0 Å². The van der Waals surface area contributed by atoms with Crippen molar-refractivity contribution < 1.29 is 14.1 Å². The number of methoxy groups -OCH3 is 1. The second kappa shape index (κ2) is 4.44. The van der Waals surface area contributed by atoms with Gasteiger partial charge in [0.1, 0.15) is 5.69 Å². The first-order valence-corrected chi connectivity index (χ1v) is 5.06. The smallest absolute Gasteiger partial charge is 0.276 e. The predicted octanol–water partition coefficient (Wildman–Crippen LogP) is 2.24. The maximum absolute atomic E-state index is 13.9. The van der Waals surface area contributed by atoms with E-state index in [2.05, 4.69) is 4.98 Å². The summed E-state index contributed by atoms with van der Waals surface area (Å²) in [7, 11) is 1.33. The summed E-state index contributed by atoms with van der Waals surface area (Å²) in [6, 6.07) is 2.03. The van der Waals surface area contributed by atoms with Gasteiger partial charge in [0.2, 0.25) is 0 Å². The van der Waals surface area contributed by atoms with Gasteiger partial charge in [-0.1, -0.05) is 0 Å². The molecule has 0 aliphatic rings. The first kappa shape index (κ1) is 12.0. The van der Waals surface area contributed by atoms with E-state index in [0.29, 0.717) is 5.69 Å². The van der Waals surface area contributed by atoms with Crippen LogP contribution in [-0.2, 0) is 0 Å². The Morgan fingerprint density at radius 1 is 1.50 bits per heavy atom. The van der Waals surface area contributed by atoms with Crippen LogP contribution in [0, 0.1) is 22.9 Å². The van der Waals surface area contributed by atoms with Crippen LogP contribution in [0.3, 0.4) is 0 Å². The Morgan fingerprint density at radius 2 is 2.22 bits per heavy atom. The highest BCUT2D eigenvalue weighted by Gasteiger charge is 2.18. The lowest BCUT2D eigenvalue weighted by Gasteiger charge is -2.09. The average molecular weight is 251 g/mol. The molecule has 2 rings (SSSR count). The summed E-state index contributed by atoms with van der Waals surface area (Å²) < 4.78 is 20.3. The van der Waals surface area contributed by atoms with Gasteiger partial charge < -0.3 is 9.30 Å². The van der Waals surface area contributed by atoms with Crippen molar-refractivity contribution in [2.24, 2.45) is 0 Å². The highest BCUT2D eigenvalue weighted by atomic mass is 19.1. The zero-order valence-electron chi connectivity index (χ0n) is 9.75. The van der Waals surface area contributed by atoms with E-state index in [1.54, 1.807) is 13.1 Å². The summed E-state index contributed by atoms with van der Waals surface area (Å²) in [5, 5.41) is 10.6. The minimum atomic E-state index is -0.738. The molecule has 0 saturated carbocycles.